The molecular formula is C14H24N2O. The Balaban J connectivity index is 2.18. The van der Waals surface area contributed by atoms with Gasteiger partial charge in [-0.1, -0.05) is 45.4 Å². The lowest BCUT2D eigenvalue weighted by Crippen LogP contribution is -2.21. The zero-order valence-corrected chi connectivity index (χ0v) is 10.8. The van der Waals surface area contributed by atoms with Crippen molar-refractivity contribution in [2.24, 2.45) is 0 Å². The van der Waals surface area contributed by atoms with Crippen molar-refractivity contribution in [1.29, 1.82) is 0 Å². The third-order valence-electron chi connectivity index (χ3n) is 3.05. The van der Waals surface area contributed by atoms with Gasteiger partial charge in [0, 0.05) is 12.7 Å². The second-order valence-corrected chi connectivity index (χ2v) is 4.58. The number of rotatable bonds is 8. The number of hydrogen-bond donors (Lipinski definition) is 1. The number of pyridine rings is 1. The van der Waals surface area contributed by atoms with Crippen molar-refractivity contribution in [1.82, 2.24) is 4.57 Å². The summed E-state index contributed by atoms with van der Waals surface area (Å²) >= 11 is 0. The molecule has 0 fully saturated rings. The fraction of sp³-hybridized carbons (Fsp3) is 0.643. The maximum Gasteiger partial charge on any atom is 0.273 e. The largest absolute Gasteiger partial charge is 0.394 e. The number of aromatic nitrogens is 1. The Hall–Kier alpha value is -1.25. The monoisotopic (exact) mass is 236 g/mol. The predicted molar refractivity (Wildman–Crippen MR) is 73.1 cm³/mol. The van der Waals surface area contributed by atoms with Crippen molar-refractivity contribution in [2.45, 2.75) is 58.4 Å². The zero-order chi connectivity index (χ0) is 12.5. The van der Waals surface area contributed by atoms with Crippen LogP contribution in [0.1, 0.15) is 51.9 Å². The molecule has 0 atom stereocenters. The van der Waals surface area contributed by atoms with Gasteiger partial charge in [-0.25, -0.2) is 0 Å². The first-order chi connectivity index (χ1) is 8.25. The molecule has 3 nitrogen and oxygen atoms in total. The molecule has 1 aromatic rings. The summed E-state index contributed by atoms with van der Waals surface area (Å²) in [5.74, 6) is 0. The first-order valence-corrected chi connectivity index (χ1v) is 6.70. The predicted octanol–water partition coefficient (Wildman–Crippen LogP) is 3.18. The highest BCUT2D eigenvalue weighted by atomic mass is 16.1. The minimum Gasteiger partial charge on any atom is -0.394 e. The quantitative estimate of drug-likeness (QED) is 0.705. The van der Waals surface area contributed by atoms with E-state index in [4.69, 9.17) is 5.73 Å². The van der Waals surface area contributed by atoms with Gasteiger partial charge in [0.25, 0.3) is 5.56 Å². The average Bonchev–Trinajstić information content (AvgIpc) is 2.33. The second-order valence-electron chi connectivity index (χ2n) is 4.58. The molecule has 1 aromatic heterocycles. The Labute approximate surface area is 104 Å². The van der Waals surface area contributed by atoms with Crippen molar-refractivity contribution in [3.63, 3.8) is 0 Å². The van der Waals surface area contributed by atoms with Gasteiger partial charge in [0.15, 0.2) is 0 Å². The molecule has 3 heteroatoms. The number of anilines is 1. The summed E-state index contributed by atoms with van der Waals surface area (Å²) in [5.41, 5.74) is 5.86. The number of aryl methyl sites for hydroxylation is 1. The molecular weight excluding hydrogens is 212 g/mol. The summed E-state index contributed by atoms with van der Waals surface area (Å²) in [7, 11) is 0. The summed E-state index contributed by atoms with van der Waals surface area (Å²) < 4.78 is 1.71. The van der Waals surface area contributed by atoms with Crippen molar-refractivity contribution >= 4 is 5.69 Å². The highest BCUT2D eigenvalue weighted by Crippen LogP contribution is 2.07. The molecule has 17 heavy (non-hydrogen) atoms. The van der Waals surface area contributed by atoms with E-state index in [9.17, 15) is 4.79 Å². The van der Waals surface area contributed by atoms with Gasteiger partial charge in [0.05, 0.1) is 5.69 Å². The summed E-state index contributed by atoms with van der Waals surface area (Å²) in [6, 6.07) is 3.49. The van der Waals surface area contributed by atoms with Gasteiger partial charge in [0.1, 0.15) is 0 Å². The third kappa shape index (κ3) is 5.07. The van der Waals surface area contributed by atoms with Crippen LogP contribution in [0.5, 0.6) is 0 Å². The molecule has 0 saturated heterocycles. The number of nitrogens with two attached hydrogens (primary N) is 1. The van der Waals surface area contributed by atoms with E-state index >= 15 is 0 Å². The van der Waals surface area contributed by atoms with Gasteiger partial charge in [-0.2, -0.15) is 0 Å². The van der Waals surface area contributed by atoms with Crippen LogP contribution < -0.4 is 11.3 Å². The van der Waals surface area contributed by atoms with E-state index in [1.165, 1.54) is 38.5 Å². The molecule has 0 amide bonds. The SMILES string of the molecule is CCCCCCCCCn1cccc(N)c1=O. The van der Waals surface area contributed by atoms with Gasteiger partial charge in [-0.05, 0) is 18.6 Å². The molecule has 1 rings (SSSR count). The van der Waals surface area contributed by atoms with Crippen molar-refractivity contribution in [3.8, 4) is 0 Å². The molecule has 2 N–H and O–H groups in total. The van der Waals surface area contributed by atoms with Crippen LogP contribution in [-0.4, -0.2) is 4.57 Å². The highest BCUT2D eigenvalue weighted by Gasteiger charge is 1.98. The third-order valence-corrected chi connectivity index (χ3v) is 3.05. The second kappa shape index (κ2) is 7.93. The molecule has 1 heterocycles. The Morgan fingerprint density at radius 2 is 1.76 bits per heavy atom. The van der Waals surface area contributed by atoms with Gasteiger partial charge in [-0.3, -0.25) is 4.79 Å². The molecule has 0 aromatic carbocycles. The average molecular weight is 236 g/mol. The maximum atomic E-state index is 11.6. The van der Waals surface area contributed by atoms with E-state index in [2.05, 4.69) is 6.92 Å². The summed E-state index contributed by atoms with van der Waals surface area (Å²) in [6.07, 6.45) is 10.6. The van der Waals surface area contributed by atoms with Gasteiger partial charge >= 0.3 is 0 Å². The van der Waals surface area contributed by atoms with Crippen LogP contribution in [0.2, 0.25) is 0 Å². The highest BCUT2D eigenvalue weighted by molar-refractivity contribution is 5.33. The fourth-order valence-corrected chi connectivity index (χ4v) is 1.97. The van der Waals surface area contributed by atoms with Crippen molar-refractivity contribution < 1.29 is 0 Å². The molecule has 0 saturated carbocycles. The lowest BCUT2D eigenvalue weighted by molar-refractivity contribution is 0.543. The van der Waals surface area contributed by atoms with Crippen LogP contribution in [0.15, 0.2) is 23.1 Å². The van der Waals surface area contributed by atoms with Gasteiger partial charge < -0.3 is 10.3 Å². The van der Waals surface area contributed by atoms with Crippen LogP contribution in [-0.2, 0) is 6.54 Å². The minimum atomic E-state index is -0.0570. The molecule has 0 radical (unpaired) electrons. The fourth-order valence-electron chi connectivity index (χ4n) is 1.97. The summed E-state index contributed by atoms with van der Waals surface area (Å²) in [4.78, 5) is 11.6. The maximum absolute atomic E-state index is 11.6. The molecule has 0 aliphatic heterocycles. The topological polar surface area (TPSA) is 48.0 Å². The van der Waals surface area contributed by atoms with Crippen LogP contribution in [0.4, 0.5) is 5.69 Å². The van der Waals surface area contributed by atoms with E-state index in [1.807, 2.05) is 12.3 Å². The first kappa shape index (κ1) is 13.8. The molecule has 0 unspecified atom stereocenters. The van der Waals surface area contributed by atoms with Gasteiger partial charge in [-0.15, -0.1) is 0 Å². The van der Waals surface area contributed by atoms with Crippen molar-refractivity contribution in [2.75, 3.05) is 5.73 Å². The number of nitrogens with zero attached hydrogens (tertiary/aromatic N) is 1. The van der Waals surface area contributed by atoms with E-state index in [0.717, 1.165) is 13.0 Å². The van der Waals surface area contributed by atoms with E-state index in [0.29, 0.717) is 5.69 Å². The Kier molecular flexibility index (Phi) is 6.45. The zero-order valence-electron chi connectivity index (χ0n) is 10.8. The van der Waals surface area contributed by atoms with Crippen molar-refractivity contribution in [3.05, 3.63) is 28.7 Å². The standard InChI is InChI=1S/C14H24N2O/c1-2-3-4-5-6-7-8-11-16-12-9-10-13(15)14(16)17/h9-10,12H,2-8,11,15H2,1H3. The minimum absolute atomic E-state index is 0.0570. The Bertz CT molecular complexity index is 371. The Morgan fingerprint density at radius 3 is 2.47 bits per heavy atom. The number of nitrogen functional groups attached to an aromatic ring is 1. The molecule has 0 bridgehead atoms. The van der Waals surface area contributed by atoms with Crippen LogP contribution in [0.25, 0.3) is 0 Å². The summed E-state index contributed by atoms with van der Waals surface area (Å²) in [6.45, 7) is 3.02. The Morgan fingerprint density at radius 1 is 1.12 bits per heavy atom. The van der Waals surface area contributed by atoms with E-state index < -0.39 is 0 Å². The van der Waals surface area contributed by atoms with Crippen LogP contribution >= 0.6 is 0 Å². The molecule has 96 valence electrons. The van der Waals surface area contributed by atoms with Crippen LogP contribution in [0.3, 0.4) is 0 Å². The lowest BCUT2D eigenvalue weighted by Gasteiger charge is -2.06. The molecule has 0 aliphatic rings. The number of hydrogen-bond acceptors (Lipinski definition) is 2. The molecule has 0 spiro atoms. The smallest absolute Gasteiger partial charge is 0.273 e. The van der Waals surface area contributed by atoms with E-state index in [1.54, 1.807) is 10.6 Å². The normalized spacial score (nSPS) is 10.6. The van der Waals surface area contributed by atoms with Crippen LogP contribution in [0, 0.1) is 0 Å². The molecule has 0 aliphatic carbocycles. The number of unbranched alkanes of at least 4 members (excludes halogenated alkanes) is 6. The first-order valence-electron chi connectivity index (χ1n) is 6.70. The van der Waals surface area contributed by atoms with Gasteiger partial charge in [0.2, 0.25) is 0 Å². The van der Waals surface area contributed by atoms with E-state index in [-0.39, 0.29) is 5.56 Å². The summed E-state index contributed by atoms with van der Waals surface area (Å²) in [5, 5.41) is 0. The lowest BCUT2D eigenvalue weighted by atomic mass is 10.1.